The number of rotatable bonds is 3. The van der Waals surface area contributed by atoms with Crippen molar-refractivity contribution in [1.82, 2.24) is 4.98 Å². The predicted molar refractivity (Wildman–Crippen MR) is 56.2 cm³/mol. The van der Waals surface area contributed by atoms with Gasteiger partial charge in [-0.2, -0.15) is 0 Å². The van der Waals surface area contributed by atoms with Gasteiger partial charge in [0.1, 0.15) is 0 Å². The molecule has 0 atom stereocenters. The Kier molecular flexibility index (Phi) is 2.86. The van der Waals surface area contributed by atoms with E-state index < -0.39 is 0 Å². The smallest absolute Gasteiger partial charge is 0.165 e. The van der Waals surface area contributed by atoms with E-state index in [-0.39, 0.29) is 11.9 Å². The molecule has 4 heteroatoms. The Morgan fingerprint density at radius 2 is 2.33 bits per heavy atom. The number of aliphatic hydroxyl groups is 1. The topological polar surface area (TPSA) is 36.4 Å². The van der Waals surface area contributed by atoms with Crippen LogP contribution in [0.15, 0.2) is 18.3 Å². The second kappa shape index (κ2) is 4.14. The third kappa shape index (κ3) is 2.26. The summed E-state index contributed by atoms with van der Waals surface area (Å²) in [5, 5.41) is 9.15. The van der Waals surface area contributed by atoms with Gasteiger partial charge in [-0.15, -0.1) is 0 Å². The van der Waals surface area contributed by atoms with Crippen molar-refractivity contribution in [2.45, 2.75) is 18.9 Å². The number of halogens is 1. The van der Waals surface area contributed by atoms with Crippen LogP contribution >= 0.6 is 0 Å². The van der Waals surface area contributed by atoms with E-state index >= 15 is 0 Å². The number of nitrogens with zero attached hydrogens (tertiary/aromatic N) is 2. The molecule has 1 aromatic heterocycles. The highest BCUT2D eigenvalue weighted by Gasteiger charge is 2.28. The molecule has 1 saturated carbocycles. The summed E-state index contributed by atoms with van der Waals surface area (Å²) in [6.45, 7) is 0.755. The molecule has 0 aromatic carbocycles. The van der Waals surface area contributed by atoms with E-state index in [2.05, 4.69) is 4.98 Å². The van der Waals surface area contributed by atoms with E-state index in [1.165, 1.54) is 6.07 Å². The molecule has 0 radical (unpaired) electrons. The minimum atomic E-state index is -0.292. The molecule has 0 aliphatic heterocycles. The van der Waals surface area contributed by atoms with Crippen molar-refractivity contribution >= 4 is 5.82 Å². The van der Waals surface area contributed by atoms with Gasteiger partial charge in [-0.1, -0.05) is 0 Å². The Morgan fingerprint density at radius 1 is 1.60 bits per heavy atom. The van der Waals surface area contributed by atoms with Crippen molar-refractivity contribution in [2.75, 3.05) is 18.5 Å². The Balaban J connectivity index is 1.96. The number of aromatic nitrogens is 1. The fraction of sp³-hybridized carbons (Fsp3) is 0.545. The molecule has 1 aliphatic rings. The van der Waals surface area contributed by atoms with Gasteiger partial charge in [-0.3, -0.25) is 0 Å². The maximum Gasteiger partial charge on any atom is 0.165 e. The van der Waals surface area contributed by atoms with Crippen LogP contribution in [0.2, 0.25) is 0 Å². The molecule has 82 valence electrons. The zero-order valence-electron chi connectivity index (χ0n) is 8.73. The van der Waals surface area contributed by atoms with Crippen molar-refractivity contribution in [2.24, 2.45) is 5.92 Å². The Labute approximate surface area is 88.6 Å². The Bertz CT molecular complexity index is 339. The third-order valence-electron chi connectivity index (χ3n) is 2.84. The second-order valence-electron chi connectivity index (χ2n) is 4.18. The zero-order valence-corrected chi connectivity index (χ0v) is 8.73. The van der Waals surface area contributed by atoms with Crippen molar-refractivity contribution in [1.29, 1.82) is 0 Å². The highest BCUT2D eigenvalue weighted by Crippen LogP contribution is 2.28. The van der Waals surface area contributed by atoms with Crippen LogP contribution in [0.4, 0.5) is 10.2 Å². The molecular formula is C11H15FN2O. The molecule has 1 fully saturated rings. The van der Waals surface area contributed by atoms with Crippen LogP contribution in [0.5, 0.6) is 0 Å². The number of hydrogen-bond acceptors (Lipinski definition) is 3. The van der Waals surface area contributed by atoms with Crippen molar-refractivity contribution < 1.29 is 9.50 Å². The van der Waals surface area contributed by atoms with Crippen LogP contribution in [-0.4, -0.2) is 29.8 Å². The molecule has 1 N–H and O–H groups in total. The normalized spacial score (nSPS) is 24.7. The van der Waals surface area contributed by atoms with Crippen molar-refractivity contribution in [3.63, 3.8) is 0 Å². The molecule has 0 unspecified atom stereocenters. The van der Waals surface area contributed by atoms with E-state index in [1.54, 1.807) is 12.3 Å². The molecule has 1 aromatic rings. The Hall–Kier alpha value is -1.16. The second-order valence-corrected chi connectivity index (χ2v) is 4.18. The van der Waals surface area contributed by atoms with Gasteiger partial charge in [0, 0.05) is 19.8 Å². The summed E-state index contributed by atoms with van der Waals surface area (Å²) in [7, 11) is 1.83. The van der Waals surface area contributed by atoms with Gasteiger partial charge in [-0.05, 0) is 30.9 Å². The summed E-state index contributed by atoms with van der Waals surface area (Å²) in [6, 6.07) is 2.99. The average Bonchev–Trinajstić information content (AvgIpc) is 2.16. The van der Waals surface area contributed by atoms with Crippen LogP contribution in [0.25, 0.3) is 0 Å². The molecule has 0 amide bonds. The first-order chi connectivity index (χ1) is 7.16. The van der Waals surface area contributed by atoms with Crippen LogP contribution in [0.3, 0.4) is 0 Å². The lowest BCUT2D eigenvalue weighted by atomic mass is 9.82. The molecule has 1 aliphatic carbocycles. The first-order valence-corrected chi connectivity index (χ1v) is 5.16. The summed E-state index contributed by atoms with van der Waals surface area (Å²) in [5.41, 5.74) is 0. The minimum absolute atomic E-state index is 0.156. The predicted octanol–water partition coefficient (Wildman–Crippen LogP) is 1.43. The summed E-state index contributed by atoms with van der Waals surface area (Å²) in [5.74, 6) is 0.560. The van der Waals surface area contributed by atoms with Crippen LogP contribution < -0.4 is 4.90 Å². The molecule has 2 rings (SSSR count). The van der Waals surface area contributed by atoms with E-state index in [1.807, 2.05) is 11.9 Å². The molecular weight excluding hydrogens is 195 g/mol. The van der Waals surface area contributed by atoms with Crippen molar-refractivity contribution in [3.05, 3.63) is 24.1 Å². The first-order valence-electron chi connectivity index (χ1n) is 5.16. The van der Waals surface area contributed by atoms with Gasteiger partial charge in [0.25, 0.3) is 0 Å². The van der Waals surface area contributed by atoms with E-state index in [0.29, 0.717) is 11.7 Å². The standard InChI is InChI=1S/C11H15FN2O/c1-14(7-8-5-9(15)6-8)11-10(12)3-2-4-13-11/h2-4,8-9,15H,5-7H2,1H3. The quantitative estimate of drug-likeness (QED) is 0.819. The van der Waals surface area contributed by atoms with Crippen LogP contribution in [0.1, 0.15) is 12.8 Å². The van der Waals surface area contributed by atoms with Crippen LogP contribution in [0, 0.1) is 11.7 Å². The lowest BCUT2D eigenvalue weighted by Gasteiger charge is -2.34. The summed E-state index contributed by atoms with van der Waals surface area (Å²) >= 11 is 0. The minimum Gasteiger partial charge on any atom is -0.393 e. The zero-order chi connectivity index (χ0) is 10.8. The average molecular weight is 210 g/mol. The van der Waals surface area contributed by atoms with E-state index in [4.69, 9.17) is 5.11 Å². The molecule has 0 saturated heterocycles. The molecule has 1 heterocycles. The van der Waals surface area contributed by atoms with Gasteiger partial charge in [0.15, 0.2) is 11.6 Å². The number of aliphatic hydroxyl groups excluding tert-OH is 1. The summed E-state index contributed by atoms with van der Waals surface area (Å²) < 4.78 is 13.3. The van der Waals surface area contributed by atoms with Gasteiger partial charge >= 0.3 is 0 Å². The fourth-order valence-electron chi connectivity index (χ4n) is 1.98. The van der Waals surface area contributed by atoms with E-state index in [9.17, 15) is 4.39 Å². The highest BCUT2D eigenvalue weighted by atomic mass is 19.1. The van der Waals surface area contributed by atoms with E-state index in [0.717, 1.165) is 19.4 Å². The monoisotopic (exact) mass is 210 g/mol. The molecule has 15 heavy (non-hydrogen) atoms. The number of hydrogen-bond donors (Lipinski definition) is 1. The van der Waals surface area contributed by atoms with Gasteiger partial charge in [0.2, 0.25) is 0 Å². The molecule has 3 nitrogen and oxygen atoms in total. The summed E-state index contributed by atoms with van der Waals surface area (Å²) in [6.07, 6.45) is 3.07. The van der Waals surface area contributed by atoms with Crippen molar-refractivity contribution in [3.8, 4) is 0 Å². The number of anilines is 1. The third-order valence-corrected chi connectivity index (χ3v) is 2.84. The van der Waals surface area contributed by atoms with Gasteiger partial charge in [0.05, 0.1) is 6.10 Å². The molecule has 0 bridgehead atoms. The highest BCUT2D eigenvalue weighted by molar-refractivity contribution is 5.38. The summed E-state index contributed by atoms with van der Waals surface area (Å²) in [4.78, 5) is 5.81. The lowest BCUT2D eigenvalue weighted by Crippen LogP contribution is -2.37. The maximum atomic E-state index is 13.3. The van der Waals surface area contributed by atoms with Gasteiger partial charge < -0.3 is 10.0 Å². The van der Waals surface area contributed by atoms with Crippen LogP contribution in [-0.2, 0) is 0 Å². The number of pyridine rings is 1. The Morgan fingerprint density at radius 3 is 2.93 bits per heavy atom. The largest absolute Gasteiger partial charge is 0.393 e. The lowest BCUT2D eigenvalue weighted by molar-refractivity contribution is 0.0464. The first kappa shape index (κ1) is 10.4. The molecule has 0 spiro atoms. The maximum absolute atomic E-state index is 13.3. The van der Waals surface area contributed by atoms with Gasteiger partial charge in [-0.25, -0.2) is 9.37 Å². The fourth-order valence-corrected chi connectivity index (χ4v) is 1.98. The SMILES string of the molecule is CN(CC1CC(O)C1)c1ncccc1F.